The van der Waals surface area contributed by atoms with E-state index in [4.69, 9.17) is 14.7 Å². The Morgan fingerprint density at radius 3 is 2.94 bits per heavy atom. The SMILES string of the molecule is CCc1c(C)sc2nc(SCc3cn4cccc(C)c4n3)n(CC3CCCO3)c(=O)c12. The molecule has 0 bridgehead atoms. The lowest BCUT2D eigenvalue weighted by molar-refractivity contribution is 0.0937. The van der Waals surface area contributed by atoms with E-state index in [1.165, 1.54) is 4.88 Å². The molecule has 1 unspecified atom stereocenters. The van der Waals surface area contributed by atoms with Crippen LogP contribution in [0, 0.1) is 13.8 Å². The van der Waals surface area contributed by atoms with Crippen LogP contribution in [0.4, 0.5) is 0 Å². The Balaban J connectivity index is 1.53. The zero-order valence-electron chi connectivity index (χ0n) is 18.1. The second-order valence-electron chi connectivity index (χ2n) is 8.06. The maximum atomic E-state index is 13.6. The molecule has 0 spiro atoms. The van der Waals surface area contributed by atoms with Gasteiger partial charge in [-0.3, -0.25) is 9.36 Å². The third-order valence-corrected chi connectivity index (χ3v) is 7.97. The monoisotopic (exact) mass is 454 g/mol. The molecule has 4 aromatic heterocycles. The predicted molar refractivity (Wildman–Crippen MR) is 126 cm³/mol. The second-order valence-corrected chi connectivity index (χ2v) is 10.2. The van der Waals surface area contributed by atoms with Gasteiger partial charge in [0.25, 0.3) is 5.56 Å². The average Bonchev–Trinajstić information content (AvgIpc) is 3.47. The third kappa shape index (κ3) is 3.81. The molecular formula is C23H26N4O2S2. The van der Waals surface area contributed by atoms with Crippen molar-refractivity contribution in [2.24, 2.45) is 0 Å². The Labute approximate surface area is 189 Å². The van der Waals surface area contributed by atoms with Gasteiger partial charge in [-0.15, -0.1) is 11.3 Å². The van der Waals surface area contributed by atoms with E-state index in [0.29, 0.717) is 12.3 Å². The molecular weight excluding hydrogens is 428 g/mol. The van der Waals surface area contributed by atoms with E-state index in [-0.39, 0.29) is 11.7 Å². The molecule has 0 amide bonds. The molecule has 6 nitrogen and oxygen atoms in total. The van der Waals surface area contributed by atoms with Gasteiger partial charge in [-0.1, -0.05) is 24.8 Å². The normalized spacial score (nSPS) is 16.7. The number of thioether (sulfide) groups is 1. The number of aromatic nitrogens is 4. The van der Waals surface area contributed by atoms with E-state index in [9.17, 15) is 4.79 Å². The van der Waals surface area contributed by atoms with Crippen LogP contribution in [0.1, 0.15) is 41.5 Å². The molecule has 0 N–H and O–H groups in total. The van der Waals surface area contributed by atoms with Crippen molar-refractivity contribution in [1.82, 2.24) is 18.9 Å². The van der Waals surface area contributed by atoms with Gasteiger partial charge in [0, 0.05) is 29.6 Å². The van der Waals surface area contributed by atoms with E-state index in [1.807, 2.05) is 16.8 Å². The van der Waals surface area contributed by atoms with Crippen LogP contribution in [0.15, 0.2) is 34.5 Å². The number of ether oxygens (including phenoxy) is 1. The number of hydrogen-bond acceptors (Lipinski definition) is 6. The summed E-state index contributed by atoms with van der Waals surface area (Å²) in [6.07, 6.45) is 7.04. The molecule has 1 fully saturated rings. The van der Waals surface area contributed by atoms with Crippen LogP contribution < -0.4 is 5.56 Å². The maximum absolute atomic E-state index is 13.6. The molecule has 8 heteroatoms. The van der Waals surface area contributed by atoms with Crippen molar-refractivity contribution in [3.05, 3.63) is 56.6 Å². The summed E-state index contributed by atoms with van der Waals surface area (Å²) in [6, 6.07) is 4.10. The zero-order chi connectivity index (χ0) is 21.5. The first kappa shape index (κ1) is 20.7. The molecule has 1 saturated heterocycles. The van der Waals surface area contributed by atoms with Crippen molar-refractivity contribution in [1.29, 1.82) is 0 Å². The topological polar surface area (TPSA) is 61.4 Å². The van der Waals surface area contributed by atoms with E-state index in [0.717, 1.165) is 63.7 Å². The van der Waals surface area contributed by atoms with E-state index < -0.39 is 0 Å². The van der Waals surface area contributed by atoms with Crippen molar-refractivity contribution in [2.75, 3.05) is 6.61 Å². The molecule has 1 aliphatic heterocycles. The number of pyridine rings is 1. The predicted octanol–water partition coefficient (Wildman–Crippen LogP) is 4.76. The Morgan fingerprint density at radius 2 is 2.19 bits per heavy atom. The fraction of sp³-hybridized carbons (Fsp3) is 0.435. The van der Waals surface area contributed by atoms with E-state index >= 15 is 0 Å². The van der Waals surface area contributed by atoms with Gasteiger partial charge in [-0.25, -0.2) is 9.97 Å². The number of aryl methyl sites for hydroxylation is 3. The van der Waals surface area contributed by atoms with Crippen LogP contribution >= 0.6 is 23.1 Å². The summed E-state index contributed by atoms with van der Waals surface area (Å²) in [5, 5.41) is 1.54. The quantitative estimate of drug-likeness (QED) is 0.311. The van der Waals surface area contributed by atoms with E-state index in [1.54, 1.807) is 23.1 Å². The fourth-order valence-corrected chi connectivity index (χ4v) is 6.38. The van der Waals surface area contributed by atoms with Crippen LogP contribution in [0.25, 0.3) is 15.9 Å². The lowest BCUT2D eigenvalue weighted by Gasteiger charge is -2.15. The second kappa shape index (κ2) is 8.41. The highest BCUT2D eigenvalue weighted by atomic mass is 32.2. The molecule has 1 atom stereocenters. The van der Waals surface area contributed by atoms with Gasteiger partial charge in [-0.2, -0.15) is 0 Å². The summed E-state index contributed by atoms with van der Waals surface area (Å²) in [4.78, 5) is 25.3. The summed E-state index contributed by atoms with van der Waals surface area (Å²) < 4.78 is 9.74. The summed E-state index contributed by atoms with van der Waals surface area (Å²) in [5.74, 6) is 0.662. The van der Waals surface area contributed by atoms with Crippen molar-refractivity contribution >= 4 is 39.0 Å². The van der Waals surface area contributed by atoms with Crippen LogP contribution in [0.3, 0.4) is 0 Å². The van der Waals surface area contributed by atoms with Crippen LogP contribution in [-0.4, -0.2) is 31.6 Å². The molecule has 162 valence electrons. The Bertz CT molecular complexity index is 1310. The third-order valence-electron chi connectivity index (χ3n) is 5.92. The highest BCUT2D eigenvalue weighted by Gasteiger charge is 2.23. The molecule has 31 heavy (non-hydrogen) atoms. The molecule has 5 heterocycles. The lowest BCUT2D eigenvalue weighted by Crippen LogP contribution is -2.29. The number of hydrogen-bond donors (Lipinski definition) is 0. The molecule has 4 aromatic rings. The minimum Gasteiger partial charge on any atom is -0.376 e. The number of imidazole rings is 1. The Kier molecular flexibility index (Phi) is 5.62. The smallest absolute Gasteiger partial charge is 0.263 e. The van der Waals surface area contributed by atoms with Gasteiger partial charge < -0.3 is 9.14 Å². The first-order chi connectivity index (χ1) is 15.0. The van der Waals surface area contributed by atoms with Gasteiger partial charge in [-0.05, 0) is 50.3 Å². The van der Waals surface area contributed by atoms with Crippen molar-refractivity contribution < 1.29 is 4.74 Å². The first-order valence-corrected chi connectivity index (χ1v) is 12.6. The van der Waals surface area contributed by atoms with Crippen LogP contribution in [0.2, 0.25) is 0 Å². The standard InChI is InChI=1S/C23H26N4O2S2/c1-4-18-15(3)31-21-19(18)22(28)27(12-17-8-6-10-29-17)23(25-21)30-13-16-11-26-9-5-7-14(2)20(26)24-16/h5,7,9,11,17H,4,6,8,10,12-13H2,1-3H3. The number of thiophene rings is 1. The first-order valence-electron chi connectivity index (χ1n) is 10.8. The highest BCUT2D eigenvalue weighted by molar-refractivity contribution is 7.98. The molecule has 5 rings (SSSR count). The van der Waals surface area contributed by atoms with E-state index in [2.05, 4.69) is 37.4 Å². The largest absolute Gasteiger partial charge is 0.376 e. The summed E-state index contributed by atoms with van der Waals surface area (Å²) >= 11 is 3.21. The van der Waals surface area contributed by atoms with Crippen LogP contribution in [0.5, 0.6) is 0 Å². The summed E-state index contributed by atoms with van der Waals surface area (Å²) in [5.41, 5.74) is 4.30. The van der Waals surface area contributed by atoms with Crippen LogP contribution in [-0.2, 0) is 23.5 Å². The molecule has 0 saturated carbocycles. The van der Waals surface area contributed by atoms with Crippen molar-refractivity contribution in [3.63, 3.8) is 0 Å². The van der Waals surface area contributed by atoms with Gasteiger partial charge >= 0.3 is 0 Å². The van der Waals surface area contributed by atoms with Crippen molar-refractivity contribution in [2.45, 2.75) is 63.6 Å². The highest BCUT2D eigenvalue weighted by Crippen LogP contribution is 2.31. The molecule has 0 radical (unpaired) electrons. The minimum absolute atomic E-state index is 0.0649. The fourth-order valence-electron chi connectivity index (χ4n) is 4.33. The zero-order valence-corrected chi connectivity index (χ0v) is 19.7. The Morgan fingerprint density at radius 1 is 1.32 bits per heavy atom. The molecule has 0 aliphatic carbocycles. The van der Waals surface area contributed by atoms with Gasteiger partial charge in [0.15, 0.2) is 5.16 Å². The maximum Gasteiger partial charge on any atom is 0.263 e. The number of fused-ring (bicyclic) bond motifs is 2. The molecule has 1 aliphatic rings. The minimum atomic E-state index is 0.0649. The average molecular weight is 455 g/mol. The van der Waals surface area contributed by atoms with Crippen molar-refractivity contribution in [3.8, 4) is 0 Å². The summed E-state index contributed by atoms with van der Waals surface area (Å²) in [6.45, 7) is 7.59. The number of nitrogens with zero attached hydrogens (tertiary/aromatic N) is 4. The Hall–Kier alpha value is -2.16. The van der Waals surface area contributed by atoms with Gasteiger partial charge in [0.2, 0.25) is 0 Å². The number of rotatable bonds is 6. The summed E-state index contributed by atoms with van der Waals surface area (Å²) in [7, 11) is 0. The molecule has 0 aromatic carbocycles. The lowest BCUT2D eigenvalue weighted by atomic mass is 10.1. The van der Waals surface area contributed by atoms with Gasteiger partial charge in [0.05, 0.1) is 23.7 Å². The van der Waals surface area contributed by atoms with Gasteiger partial charge in [0.1, 0.15) is 10.5 Å².